The van der Waals surface area contributed by atoms with Crippen LogP contribution in [-0.2, 0) is 4.79 Å². The fourth-order valence-corrected chi connectivity index (χ4v) is 2.93. The Morgan fingerprint density at radius 2 is 2.23 bits per heavy atom. The number of rotatable bonds is 5. The van der Waals surface area contributed by atoms with Gasteiger partial charge in [-0.25, -0.2) is 0 Å². The van der Waals surface area contributed by atoms with Gasteiger partial charge in [-0.2, -0.15) is 0 Å². The van der Waals surface area contributed by atoms with E-state index in [4.69, 9.17) is 10.5 Å². The zero-order valence-electron chi connectivity index (χ0n) is 14.0. The molecule has 1 aliphatic heterocycles. The zero-order valence-corrected chi connectivity index (χ0v) is 14.0. The second kappa shape index (κ2) is 7.63. The Balaban J connectivity index is 1.81. The third-order valence-corrected chi connectivity index (χ3v) is 4.47. The molecule has 22 heavy (non-hydrogen) atoms. The van der Waals surface area contributed by atoms with E-state index in [0.717, 1.165) is 37.2 Å². The number of ether oxygens (including phenoxy) is 1. The monoisotopic (exact) mass is 304 g/mol. The van der Waals surface area contributed by atoms with E-state index in [2.05, 4.69) is 6.07 Å². The zero-order chi connectivity index (χ0) is 16.1. The van der Waals surface area contributed by atoms with Crippen molar-refractivity contribution in [3.63, 3.8) is 0 Å². The molecule has 4 heteroatoms. The first-order chi connectivity index (χ1) is 10.5. The van der Waals surface area contributed by atoms with Gasteiger partial charge in [-0.15, -0.1) is 0 Å². The van der Waals surface area contributed by atoms with Crippen LogP contribution in [0.25, 0.3) is 0 Å². The van der Waals surface area contributed by atoms with Crippen LogP contribution >= 0.6 is 0 Å². The maximum Gasteiger partial charge on any atom is 0.226 e. The highest BCUT2D eigenvalue weighted by molar-refractivity contribution is 5.76. The summed E-state index contributed by atoms with van der Waals surface area (Å²) in [5.74, 6) is 1.48. The maximum absolute atomic E-state index is 12.3. The minimum atomic E-state index is 0.154. The van der Waals surface area contributed by atoms with Gasteiger partial charge in [-0.1, -0.05) is 12.1 Å². The predicted molar refractivity (Wildman–Crippen MR) is 89.0 cm³/mol. The highest BCUT2D eigenvalue weighted by Crippen LogP contribution is 2.21. The molecule has 0 bridgehead atoms. The molecule has 0 aliphatic carbocycles. The van der Waals surface area contributed by atoms with E-state index in [1.807, 2.05) is 37.8 Å². The van der Waals surface area contributed by atoms with Crippen molar-refractivity contribution >= 4 is 5.91 Å². The first-order valence-electron chi connectivity index (χ1n) is 8.21. The minimum Gasteiger partial charge on any atom is -0.493 e. The molecule has 1 aliphatic rings. The second-order valence-electron chi connectivity index (χ2n) is 6.47. The molecule has 0 aromatic heterocycles. The standard InChI is InChI=1S/C18H28N2O2/c1-13-6-7-14(2)17(11-13)22-10-8-18(21)20-9-4-5-16(12-20)15(3)19/h6-7,11,15-16H,4-5,8-10,12,19H2,1-3H3. The molecular formula is C18H28N2O2. The Kier molecular flexibility index (Phi) is 5.83. The van der Waals surface area contributed by atoms with Crippen LogP contribution in [0.5, 0.6) is 5.75 Å². The number of carbonyl (C=O) groups excluding carboxylic acids is 1. The molecule has 4 nitrogen and oxygen atoms in total. The first kappa shape index (κ1) is 16.8. The molecular weight excluding hydrogens is 276 g/mol. The van der Waals surface area contributed by atoms with E-state index in [0.29, 0.717) is 18.9 Å². The molecule has 1 amide bonds. The summed E-state index contributed by atoms with van der Waals surface area (Å²) < 4.78 is 5.78. The summed E-state index contributed by atoms with van der Waals surface area (Å²) >= 11 is 0. The summed E-state index contributed by atoms with van der Waals surface area (Å²) in [7, 11) is 0. The van der Waals surface area contributed by atoms with Crippen LogP contribution in [0.1, 0.15) is 37.3 Å². The van der Waals surface area contributed by atoms with Gasteiger partial charge < -0.3 is 15.4 Å². The molecule has 2 atom stereocenters. The molecule has 2 rings (SSSR count). The lowest BCUT2D eigenvalue weighted by atomic mass is 9.92. The van der Waals surface area contributed by atoms with Crippen molar-refractivity contribution in [3.8, 4) is 5.75 Å². The topological polar surface area (TPSA) is 55.6 Å². The molecule has 1 aromatic rings. The second-order valence-corrected chi connectivity index (χ2v) is 6.47. The van der Waals surface area contributed by atoms with Crippen molar-refractivity contribution < 1.29 is 9.53 Å². The quantitative estimate of drug-likeness (QED) is 0.910. The molecule has 1 heterocycles. The van der Waals surface area contributed by atoms with Gasteiger partial charge in [-0.05, 0) is 56.7 Å². The van der Waals surface area contributed by atoms with Gasteiger partial charge in [0.1, 0.15) is 5.75 Å². The number of hydrogen-bond acceptors (Lipinski definition) is 3. The number of nitrogens with two attached hydrogens (primary N) is 1. The lowest BCUT2D eigenvalue weighted by molar-refractivity contribution is -0.133. The fraction of sp³-hybridized carbons (Fsp3) is 0.611. The van der Waals surface area contributed by atoms with Crippen molar-refractivity contribution in [1.82, 2.24) is 4.90 Å². The highest BCUT2D eigenvalue weighted by atomic mass is 16.5. The summed E-state index contributed by atoms with van der Waals surface area (Å²) in [5.41, 5.74) is 8.25. The normalized spacial score (nSPS) is 19.8. The molecule has 0 saturated carbocycles. The Morgan fingerprint density at radius 1 is 1.45 bits per heavy atom. The van der Waals surface area contributed by atoms with Crippen LogP contribution in [0.2, 0.25) is 0 Å². The van der Waals surface area contributed by atoms with Crippen molar-refractivity contribution in [3.05, 3.63) is 29.3 Å². The Labute approximate surface area is 133 Å². The van der Waals surface area contributed by atoms with E-state index in [9.17, 15) is 4.79 Å². The molecule has 1 aromatic carbocycles. The van der Waals surface area contributed by atoms with Gasteiger partial charge in [0, 0.05) is 19.1 Å². The number of benzene rings is 1. The lowest BCUT2D eigenvalue weighted by Crippen LogP contribution is -2.45. The van der Waals surface area contributed by atoms with Crippen LogP contribution in [0, 0.1) is 19.8 Å². The van der Waals surface area contributed by atoms with Gasteiger partial charge in [-0.3, -0.25) is 4.79 Å². The lowest BCUT2D eigenvalue weighted by Gasteiger charge is -2.34. The summed E-state index contributed by atoms with van der Waals surface area (Å²) in [6.45, 7) is 8.17. The summed E-state index contributed by atoms with van der Waals surface area (Å²) in [5, 5.41) is 0. The van der Waals surface area contributed by atoms with Crippen molar-refractivity contribution in [2.24, 2.45) is 11.7 Å². The van der Waals surface area contributed by atoms with Crippen LogP contribution in [0.4, 0.5) is 0 Å². The van der Waals surface area contributed by atoms with E-state index in [1.54, 1.807) is 0 Å². The van der Waals surface area contributed by atoms with Crippen LogP contribution < -0.4 is 10.5 Å². The predicted octanol–water partition coefficient (Wildman–Crippen LogP) is 2.66. The van der Waals surface area contributed by atoms with E-state index in [-0.39, 0.29) is 11.9 Å². The smallest absolute Gasteiger partial charge is 0.226 e. The third kappa shape index (κ3) is 4.47. The van der Waals surface area contributed by atoms with E-state index < -0.39 is 0 Å². The van der Waals surface area contributed by atoms with Gasteiger partial charge in [0.15, 0.2) is 0 Å². The average molecular weight is 304 g/mol. The summed E-state index contributed by atoms with van der Waals surface area (Å²) in [6.07, 6.45) is 2.61. The number of amides is 1. The van der Waals surface area contributed by atoms with E-state index >= 15 is 0 Å². The Bertz CT molecular complexity index is 514. The SMILES string of the molecule is Cc1ccc(C)c(OCCC(=O)N2CCCC(C(C)N)C2)c1. The molecule has 1 saturated heterocycles. The number of piperidine rings is 1. The van der Waals surface area contributed by atoms with Gasteiger partial charge in [0.25, 0.3) is 0 Å². The molecule has 2 N–H and O–H groups in total. The van der Waals surface area contributed by atoms with E-state index in [1.165, 1.54) is 5.56 Å². The Hall–Kier alpha value is -1.55. The van der Waals surface area contributed by atoms with Crippen LogP contribution in [-0.4, -0.2) is 36.5 Å². The average Bonchev–Trinajstić information content (AvgIpc) is 2.50. The molecule has 1 fully saturated rings. The number of aryl methyl sites for hydroxylation is 2. The van der Waals surface area contributed by atoms with Gasteiger partial charge >= 0.3 is 0 Å². The third-order valence-electron chi connectivity index (χ3n) is 4.47. The molecule has 0 spiro atoms. The summed E-state index contributed by atoms with van der Waals surface area (Å²) in [4.78, 5) is 14.3. The first-order valence-corrected chi connectivity index (χ1v) is 8.21. The molecule has 0 radical (unpaired) electrons. The van der Waals surface area contributed by atoms with Crippen molar-refractivity contribution in [2.75, 3.05) is 19.7 Å². The molecule has 122 valence electrons. The maximum atomic E-state index is 12.3. The Morgan fingerprint density at radius 3 is 2.95 bits per heavy atom. The fourth-order valence-electron chi connectivity index (χ4n) is 2.93. The number of hydrogen-bond donors (Lipinski definition) is 1. The number of carbonyl (C=O) groups is 1. The van der Waals surface area contributed by atoms with Gasteiger partial charge in [0.05, 0.1) is 13.0 Å². The minimum absolute atomic E-state index is 0.154. The number of nitrogens with zero attached hydrogens (tertiary/aromatic N) is 1. The van der Waals surface area contributed by atoms with Gasteiger partial charge in [0.2, 0.25) is 5.91 Å². The van der Waals surface area contributed by atoms with Crippen molar-refractivity contribution in [2.45, 2.75) is 46.1 Å². The largest absolute Gasteiger partial charge is 0.493 e. The van der Waals surface area contributed by atoms with Crippen LogP contribution in [0.3, 0.4) is 0 Å². The number of likely N-dealkylation sites (tertiary alicyclic amines) is 1. The van der Waals surface area contributed by atoms with Crippen LogP contribution in [0.15, 0.2) is 18.2 Å². The highest BCUT2D eigenvalue weighted by Gasteiger charge is 2.25. The van der Waals surface area contributed by atoms with Crippen molar-refractivity contribution in [1.29, 1.82) is 0 Å². The summed E-state index contributed by atoms with van der Waals surface area (Å²) in [6, 6.07) is 6.29. The molecule has 2 unspecified atom stereocenters.